The van der Waals surface area contributed by atoms with Crippen LogP contribution in [-0.2, 0) is 4.84 Å². The number of non-ortho nitro benzene ring substituents is 1. The van der Waals surface area contributed by atoms with E-state index < -0.39 is 10.9 Å². The van der Waals surface area contributed by atoms with Gasteiger partial charge in [0.05, 0.1) is 10.5 Å². The van der Waals surface area contributed by atoms with E-state index in [0.717, 1.165) is 0 Å². The van der Waals surface area contributed by atoms with E-state index in [9.17, 15) is 14.9 Å². The molecule has 7 nitrogen and oxygen atoms in total. The van der Waals surface area contributed by atoms with Gasteiger partial charge in [0.25, 0.3) is 5.69 Å². The largest absolute Gasteiger partial charge is 0.358 e. The number of hydrogen-bond donors (Lipinski definition) is 1. The zero-order valence-electron chi connectivity index (χ0n) is 8.84. The maximum Gasteiger partial charge on any atom is 0.358 e. The number of nitro benzene ring substituents is 1. The van der Waals surface area contributed by atoms with Gasteiger partial charge in [-0.05, 0) is 12.1 Å². The molecule has 0 unspecified atom stereocenters. The molecule has 0 aliphatic heterocycles. The molecule has 0 fully saturated rings. The second kappa shape index (κ2) is 5.19. The van der Waals surface area contributed by atoms with Gasteiger partial charge in [-0.25, -0.2) is 9.80 Å². The zero-order valence-corrected chi connectivity index (χ0v) is 8.84. The summed E-state index contributed by atoms with van der Waals surface area (Å²) in [6.45, 7) is 0. The summed E-state index contributed by atoms with van der Waals surface area (Å²) in [4.78, 5) is 25.8. The molecular formula is C9H11N3O4. The summed E-state index contributed by atoms with van der Waals surface area (Å²) in [7, 11) is 3.31. The molecule has 7 heteroatoms. The van der Waals surface area contributed by atoms with Gasteiger partial charge in [-0.15, -0.1) is 0 Å². The lowest BCUT2D eigenvalue weighted by Gasteiger charge is -2.10. The van der Waals surface area contributed by atoms with Crippen molar-refractivity contribution in [2.75, 3.05) is 14.1 Å². The normalized spacial score (nSPS) is 10.2. The monoisotopic (exact) mass is 225 g/mol. The fourth-order valence-electron chi connectivity index (χ4n) is 0.911. The van der Waals surface area contributed by atoms with Crippen LogP contribution >= 0.6 is 0 Å². The van der Waals surface area contributed by atoms with Crippen LogP contribution in [0.15, 0.2) is 24.3 Å². The molecule has 0 saturated carbocycles. The first kappa shape index (κ1) is 12.1. The van der Waals surface area contributed by atoms with Crippen LogP contribution in [0.3, 0.4) is 0 Å². The van der Waals surface area contributed by atoms with E-state index in [4.69, 9.17) is 0 Å². The number of nitrogens with one attached hydrogen (secondary N) is 1. The Morgan fingerprint density at radius 3 is 2.38 bits per heavy atom. The summed E-state index contributed by atoms with van der Waals surface area (Å²) in [6.07, 6.45) is 0. The first-order chi connectivity index (χ1) is 7.50. The predicted molar refractivity (Wildman–Crippen MR) is 55.3 cm³/mol. The predicted octanol–water partition coefficient (Wildman–Crippen LogP) is 0.733. The Hall–Kier alpha value is -1.99. The van der Waals surface area contributed by atoms with E-state index in [1.807, 2.05) is 0 Å². The molecule has 86 valence electrons. The van der Waals surface area contributed by atoms with Crippen molar-refractivity contribution in [2.45, 2.75) is 0 Å². The van der Waals surface area contributed by atoms with Gasteiger partial charge >= 0.3 is 5.97 Å². The van der Waals surface area contributed by atoms with Crippen LogP contribution in [-0.4, -0.2) is 30.0 Å². The lowest BCUT2D eigenvalue weighted by Crippen LogP contribution is -2.32. The van der Waals surface area contributed by atoms with Crippen molar-refractivity contribution in [3.8, 4) is 0 Å². The summed E-state index contributed by atoms with van der Waals surface area (Å²) in [5.41, 5.74) is 2.49. The number of hydrogen-bond acceptors (Lipinski definition) is 6. The molecule has 0 aromatic heterocycles. The Balaban J connectivity index is 2.67. The van der Waals surface area contributed by atoms with Crippen molar-refractivity contribution in [2.24, 2.45) is 0 Å². The molecule has 1 aromatic carbocycles. The molecule has 1 aromatic rings. The van der Waals surface area contributed by atoms with Crippen LogP contribution in [0, 0.1) is 10.1 Å². The Morgan fingerprint density at radius 2 is 1.94 bits per heavy atom. The highest BCUT2D eigenvalue weighted by atomic mass is 16.7. The van der Waals surface area contributed by atoms with Gasteiger partial charge in [-0.2, -0.15) is 0 Å². The van der Waals surface area contributed by atoms with Crippen molar-refractivity contribution in [3.05, 3.63) is 39.9 Å². The van der Waals surface area contributed by atoms with E-state index in [1.165, 1.54) is 29.3 Å². The molecule has 0 amide bonds. The summed E-state index contributed by atoms with van der Waals surface area (Å²) in [5.74, 6) is -0.608. The minimum atomic E-state index is -0.608. The van der Waals surface area contributed by atoms with Crippen LogP contribution in [0.4, 0.5) is 5.69 Å². The minimum Gasteiger partial charge on any atom is -0.351 e. The summed E-state index contributed by atoms with van der Waals surface area (Å²) in [5, 5.41) is 11.8. The Labute approximate surface area is 91.7 Å². The van der Waals surface area contributed by atoms with Crippen LogP contribution < -0.4 is 5.59 Å². The highest BCUT2D eigenvalue weighted by Crippen LogP contribution is 2.12. The molecule has 0 aliphatic carbocycles. The van der Waals surface area contributed by atoms with Crippen LogP contribution in [0.25, 0.3) is 0 Å². The number of nitro groups is 1. The van der Waals surface area contributed by atoms with Crippen molar-refractivity contribution in [1.82, 2.24) is 10.6 Å². The van der Waals surface area contributed by atoms with E-state index in [-0.39, 0.29) is 11.3 Å². The number of hydrazine groups is 1. The first-order valence-corrected chi connectivity index (χ1v) is 4.39. The Morgan fingerprint density at radius 1 is 1.38 bits per heavy atom. The number of benzene rings is 1. The van der Waals surface area contributed by atoms with Crippen LogP contribution in [0.2, 0.25) is 0 Å². The van der Waals surface area contributed by atoms with E-state index >= 15 is 0 Å². The maximum absolute atomic E-state index is 11.3. The first-order valence-electron chi connectivity index (χ1n) is 4.39. The average Bonchev–Trinajstić information content (AvgIpc) is 2.26. The maximum atomic E-state index is 11.3. The second-order valence-electron chi connectivity index (χ2n) is 3.18. The smallest absolute Gasteiger partial charge is 0.351 e. The lowest BCUT2D eigenvalue weighted by molar-refractivity contribution is -0.384. The Bertz CT molecular complexity index is 388. The number of nitrogens with zero attached hydrogens (tertiary/aromatic N) is 2. The SMILES string of the molecule is CN(C)NOC(=O)c1ccc([N+](=O)[O-])cc1. The third-order valence-electron chi connectivity index (χ3n) is 1.63. The van der Waals surface area contributed by atoms with Crippen molar-refractivity contribution >= 4 is 11.7 Å². The summed E-state index contributed by atoms with van der Waals surface area (Å²) >= 11 is 0. The standard InChI is InChI=1S/C9H11N3O4/c1-11(2)10-16-9(13)7-3-5-8(6-4-7)12(14)15/h3-6,10H,1-2H3. The van der Waals surface area contributed by atoms with Crippen molar-refractivity contribution in [3.63, 3.8) is 0 Å². The number of rotatable bonds is 4. The molecule has 0 atom stereocenters. The van der Waals surface area contributed by atoms with Gasteiger partial charge in [0.15, 0.2) is 0 Å². The highest BCUT2D eigenvalue weighted by Gasteiger charge is 2.10. The molecule has 1 N–H and O–H groups in total. The number of carbonyl (C=O) groups is 1. The highest BCUT2D eigenvalue weighted by molar-refractivity contribution is 5.89. The van der Waals surface area contributed by atoms with Gasteiger partial charge in [0.2, 0.25) is 0 Å². The van der Waals surface area contributed by atoms with E-state index in [1.54, 1.807) is 14.1 Å². The van der Waals surface area contributed by atoms with Crippen LogP contribution in [0.5, 0.6) is 0 Å². The fraction of sp³-hybridized carbons (Fsp3) is 0.222. The molecule has 0 heterocycles. The van der Waals surface area contributed by atoms with Crippen molar-refractivity contribution in [1.29, 1.82) is 0 Å². The molecule has 0 saturated heterocycles. The van der Waals surface area contributed by atoms with E-state index in [2.05, 4.69) is 10.4 Å². The zero-order chi connectivity index (χ0) is 12.1. The molecule has 0 aliphatic rings. The van der Waals surface area contributed by atoms with Crippen LogP contribution in [0.1, 0.15) is 10.4 Å². The third-order valence-corrected chi connectivity index (χ3v) is 1.63. The number of carbonyl (C=O) groups excluding carboxylic acids is 1. The summed E-state index contributed by atoms with van der Waals surface area (Å²) < 4.78 is 0. The molecule has 16 heavy (non-hydrogen) atoms. The minimum absolute atomic E-state index is 0.0721. The van der Waals surface area contributed by atoms with Gasteiger partial charge in [-0.3, -0.25) is 10.1 Å². The second-order valence-corrected chi connectivity index (χ2v) is 3.18. The average molecular weight is 225 g/mol. The molecule has 0 spiro atoms. The molecule has 0 bridgehead atoms. The molecule has 1 rings (SSSR count). The Kier molecular flexibility index (Phi) is 3.92. The fourth-order valence-corrected chi connectivity index (χ4v) is 0.911. The lowest BCUT2D eigenvalue weighted by atomic mass is 10.2. The third kappa shape index (κ3) is 3.30. The summed E-state index contributed by atoms with van der Waals surface area (Å²) in [6, 6.07) is 5.15. The van der Waals surface area contributed by atoms with Gasteiger partial charge in [0, 0.05) is 26.2 Å². The van der Waals surface area contributed by atoms with Gasteiger partial charge in [-0.1, -0.05) is 5.59 Å². The molecule has 0 radical (unpaired) electrons. The van der Waals surface area contributed by atoms with Crippen molar-refractivity contribution < 1.29 is 14.6 Å². The van der Waals surface area contributed by atoms with Gasteiger partial charge < -0.3 is 4.84 Å². The quantitative estimate of drug-likeness (QED) is 0.600. The van der Waals surface area contributed by atoms with Gasteiger partial charge in [0.1, 0.15) is 0 Å². The topological polar surface area (TPSA) is 84.7 Å². The van der Waals surface area contributed by atoms with E-state index in [0.29, 0.717) is 0 Å². The molecular weight excluding hydrogens is 214 g/mol.